The van der Waals surface area contributed by atoms with Gasteiger partial charge in [-0.15, -0.1) is 0 Å². The van der Waals surface area contributed by atoms with Crippen molar-refractivity contribution in [3.8, 4) is 0 Å². The van der Waals surface area contributed by atoms with E-state index in [4.69, 9.17) is 0 Å². The van der Waals surface area contributed by atoms with Gasteiger partial charge in [0.05, 0.1) is 18.0 Å². The van der Waals surface area contributed by atoms with Gasteiger partial charge >= 0.3 is 0 Å². The van der Waals surface area contributed by atoms with Crippen LogP contribution in [0.25, 0.3) is 0 Å². The summed E-state index contributed by atoms with van der Waals surface area (Å²) in [6.07, 6.45) is 0.574. The van der Waals surface area contributed by atoms with Gasteiger partial charge in [-0.3, -0.25) is 4.31 Å². The summed E-state index contributed by atoms with van der Waals surface area (Å²) in [6.45, 7) is 0.221. The number of halogens is 1. The molecule has 1 unspecified atom stereocenters. The Kier molecular flexibility index (Phi) is 2.63. The van der Waals surface area contributed by atoms with Crippen molar-refractivity contribution >= 4 is 15.7 Å². The lowest BCUT2D eigenvalue weighted by atomic mass is 10.0. The molecular weight excluding hydrogens is 233 g/mol. The maximum Gasteiger partial charge on any atom is 0.232 e. The molecule has 0 aliphatic carbocycles. The van der Waals surface area contributed by atoms with Gasteiger partial charge in [0.15, 0.2) is 0 Å². The molecule has 0 spiro atoms. The highest BCUT2D eigenvalue weighted by molar-refractivity contribution is 7.92. The Bertz CT molecular complexity index is 515. The minimum atomic E-state index is -3.38. The van der Waals surface area contributed by atoms with Crippen LogP contribution in [0.3, 0.4) is 0 Å². The molecule has 2 rings (SSSR count). The zero-order valence-corrected chi connectivity index (χ0v) is 9.54. The Morgan fingerprint density at radius 2 is 2.19 bits per heavy atom. The monoisotopic (exact) mass is 245 g/mol. The molecule has 0 amide bonds. The minimum Gasteiger partial charge on any atom is -0.388 e. The average Bonchev–Trinajstić information content (AvgIpc) is 2.17. The zero-order valence-electron chi connectivity index (χ0n) is 8.72. The molecule has 1 aliphatic heterocycles. The van der Waals surface area contributed by atoms with Crippen molar-refractivity contribution in [3.05, 3.63) is 29.6 Å². The molecule has 16 heavy (non-hydrogen) atoms. The second-order valence-electron chi connectivity index (χ2n) is 3.84. The van der Waals surface area contributed by atoms with Crippen LogP contribution >= 0.6 is 0 Å². The molecule has 1 aromatic rings. The first kappa shape index (κ1) is 11.3. The summed E-state index contributed by atoms with van der Waals surface area (Å²) in [5.41, 5.74) is 0.694. The van der Waals surface area contributed by atoms with E-state index in [1.807, 2.05) is 0 Å². The lowest BCUT2D eigenvalue weighted by Gasteiger charge is -2.31. The van der Waals surface area contributed by atoms with E-state index in [0.717, 1.165) is 6.26 Å². The SMILES string of the molecule is CS(=O)(=O)N1CCC(O)c2cc(F)ccc21. The summed E-state index contributed by atoms with van der Waals surface area (Å²) in [6, 6.07) is 3.75. The lowest BCUT2D eigenvalue weighted by Crippen LogP contribution is -2.35. The van der Waals surface area contributed by atoms with Crippen molar-refractivity contribution in [2.75, 3.05) is 17.1 Å². The molecule has 1 N–H and O–H groups in total. The summed E-state index contributed by atoms with van der Waals surface area (Å²) in [4.78, 5) is 0. The van der Waals surface area contributed by atoms with E-state index in [2.05, 4.69) is 0 Å². The molecule has 0 bridgehead atoms. The van der Waals surface area contributed by atoms with Gasteiger partial charge in [0.25, 0.3) is 0 Å². The molecule has 1 aromatic carbocycles. The predicted molar refractivity (Wildman–Crippen MR) is 58.2 cm³/mol. The van der Waals surface area contributed by atoms with Crippen LogP contribution in [0.15, 0.2) is 18.2 Å². The third-order valence-corrected chi connectivity index (χ3v) is 3.80. The first-order valence-corrected chi connectivity index (χ1v) is 6.69. The van der Waals surface area contributed by atoms with E-state index in [-0.39, 0.29) is 13.0 Å². The first-order valence-electron chi connectivity index (χ1n) is 4.85. The van der Waals surface area contributed by atoms with Crippen LogP contribution in [0.5, 0.6) is 0 Å². The Balaban J connectivity index is 2.57. The molecule has 4 nitrogen and oxygen atoms in total. The third kappa shape index (κ3) is 1.90. The summed E-state index contributed by atoms with van der Waals surface area (Å²) >= 11 is 0. The fourth-order valence-corrected chi connectivity index (χ4v) is 2.84. The average molecular weight is 245 g/mol. The van der Waals surface area contributed by atoms with Crippen LogP contribution in [0, 0.1) is 5.82 Å². The molecule has 1 aliphatic rings. The topological polar surface area (TPSA) is 57.6 Å². The zero-order chi connectivity index (χ0) is 11.9. The van der Waals surface area contributed by atoms with Crippen molar-refractivity contribution in [1.29, 1.82) is 0 Å². The summed E-state index contributed by atoms with van der Waals surface area (Å²) in [5, 5.41) is 9.68. The quantitative estimate of drug-likeness (QED) is 0.804. The molecule has 6 heteroatoms. The predicted octanol–water partition coefficient (Wildman–Crippen LogP) is 1.03. The second-order valence-corrected chi connectivity index (χ2v) is 5.75. The maximum absolute atomic E-state index is 13.0. The van der Waals surface area contributed by atoms with Crippen LogP contribution in [0.4, 0.5) is 10.1 Å². The number of benzene rings is 1. The van der Waals surface area contributed by atoms with Crippen LogP contribution in [0.2, 0.25) is 0 Å². The highest BCUT2D eigenvalue weighted by Gasteiger charge is 2.28. The van der Waals surface area contributed by atoms with Crippen LogP contribution in [0.1, 0.15) is 18.1 Å². The molecule has 1 heterocycles. The van der Waals surface area contributed by atoms with E-state index in [1.54, 1.807) is 0 Å². The first-order chi connectivity index (χ1) is 7.39. The van der Waals surface area contributed by atoms with Gasteiger partial charge in [-0.1, -0.05) is 0 Å². The van der Waals surface area contributed by atoms with Gasteiger partial charge in [-0.2, -0.15) is 0 Å². The number of nitrogens with zero attached hydrogens (tertiary/aromatic N) is 1. The van der Waals surface area contributed by atoms with Crippen molar-refractivity contribution in [2.24, 2.45) is 0 Å². The number of sulfonamides is 1. The van der Waals surface area contributed by atoms with Crippen molar-refractivity contribution in [2.45, 2.75) is 12.5 Å². The van der Waals surface area contributed by atoms with Gasteiger partial charge in [0, 0.05) is 12.1 Å². The van der Waals surface area contributed by atoms with Crippen LogP contribution in [-0.4, -0.2) is 26.3 Å². The number of aliphatic hydroxyl groups is 1. The van der Waals surface area contributed by atoms with Crippen molar-refractivity contribution in [3.63, 3.8) is 0 Å². The summed E-state index contributed by atoms with van der Waals surface area (Å²) in [7, 11) is -3.38. The number of anilines is 1. The Morgan fingerprint density at radius 3 is 2.81 bits per heavy atom. The van der Waals surface area contributed by atoms with Gasteiger partial charge in [0.1, 0.15) is 5.82 Å². The molecule has 0 radical (unpaired) electrons. The van der Waals surface area contributed by atoms with E-state index in [1.165, 1.54) is 22.5 Å². The number of fused-ring (bicyclic) bond motifs is 1. The number of hydrogen-bond donors (Lipinski definition) is 1. The van der Waals surface area contributed by atoms with E-state index in [0.29, 0.717) is 11.3 Å². The standard InChI is InChI=1S/C10H12FNO3S/c1-16(14,15)12-5-4-10(13)8-6-7(11)2-3-9(8)12/h2-3,6,10,13H,4-5H2,1H3. The molecule has 0 saturated carbocycles. The Morgan fingerprint density at radius 1 is 1.50 bits per heavy atom. The van der Waals surface area contributed by atoms with Gasteiger partial charge in [-0.25, -0.2) is 12.8 Å². The van der Waals surface area contributed by atoms with Crippen molar-refractivity contribution < 1.29 is 17.9 Å². The Labute approximate surface area is 93.4 Å². The fourth-order valence-electron chi connectivity index (χ4n) is 1.88. The van der Waals surface area contributed by atoms with E-state index < -0.39 is 21.9 Å². The molecule has 0 fully saturated rings. The van der Waals surface area contributed by atoms with E-state index >= 15 is 0 Å². The normalized spacial score (nSPS) is 20.7. The van der Waals surface area contributed by atoms with Crippen LogP contribution in [-0.2, 0) is 10.0 Å². The fraction of sp³-hybridized carbons (Fsp3) is 0.400. The van der Waals surface area contributed by atoms with Gasteiger partial charge in [-0.05, 0) is 24.6 Å². The molecule has 0 aromatic heterocycles. The number of aliphatic hydroxyl groups excluding tert-OH is 1. The molecule has 88 valence electrons. The third-order valence-electron chi connectivity index (χ3n) is 2.62. The highest BCUT2D eigenvalue weighted by atomic mass is 32.2. The van der Waals surface area contributed by atoms with Gasteiger partial charge in [0.2, 0.25) is 10.0 Å². The highest BCUT2D eigenvalue weighted by Crippen LogP contribution is 2.35. The molecule has 0 saturated heterocycles. The lowest BCUT2D eigenvalue weighted by molar-refractivity contribution is 0.166. The summed E-state index contributed by atoms with van der Waals surface area (Å²) in [5.74, 6) is -0.479. The van der Waals surface area contributed by atoms with Crippen LogP contribution < -0.4 is 4.31 Å². The van der Waals surface area contributed by atoms with Gasteiger partial charge < -0.3 is 5.11 Å². The van der Waals surface area contributed by atoms with E-state index in [9.17, 15) is 17.9 Å². The summed E-state index contributed by atoms with van der Waals surface area (Å²) < 4.78 is 37.2. The second kappa shape index (κ2) is 3.71. The smallest absolute Gasteiger partial charge is 0.232 e. The Hall–Kier alpha value is -1.14. The largest absolute Gasteiger partial charge is 0.388 e. The maximum atomic E-state index is 13.0. The van der Waals surface area contributed by atoms with Crippen molar-refractivity contribution in [1.82, 2.24) is 0 Å². The number of hydrogen-bond acceptors (Lipinski definition) is 3. The number of rotatable bonds is 1. The molecule has 1 atom stereocenters. The molecular formula is C10H12FNO3S. The minimum absolute atomic E-state index is 0.221.